The second kappa shape index (κ2) is 7.72. The highest BCUT2D eigenvalue weighted by atomic mass is 35.5. The number of hydrogen-bond donors (Lipinski definition) is 1. The van der Waals surface area contributed by atoms with E-state index in [9.17, 15) is 14.7 Å². The second-order valence-corrected chi connectivity index (χ2v) is 7.18. The zero-order chi connectivity index (χ0) is 21.4. The van der Waals surface area contributed by atoms with E-state index in [2.05, 4.69) is 0 Å². The Labute approximate surface area is 177 Å². The molecule has 1 amide bonds. The molecular weight excluding hydrogens is 406 g/mol. The minimum Gasteiger partial charge on any atom is -0.507 e. The number of Topliss-reactive ketones (excluding diaryl/α,β-unsaturated/α-hetero) is 1. The van der Waals surface area contributed by atoms with E-state index in [1.165, 1.54) is 18.3 Å². The minimum atomic E-state index is -0.956. The van der Waals surface area contributed by atoms with Crippen molar-refractivity contribution in [1.82, 2.24) is 0 Å². The number of aliphatic hydroxyl groups excluding tert-OH is 1. The molecule has 4 rings (SSSR count). The van der Waals surface area contributed by atoms with Gasteiger partial charge in [0, 0.05) is 10.7 Å². The van der Waals surface area contributed by atoms with Gasteiger partial charge in [0.25, 0.3) is 11.7 Å². The maximum absolute atomic E-state index is 13.1. The largest absolute Gasteiger partial charge is 0.507 e. The van der Waals surface area contributed by atoms with Crippen molar-refractivity contribution in [2.45, 2.75) is 13.0 Å². The normalized spacial score (nSPS) is 18.1. The number of amides is 1. The Morgan fingerprint density at radius 2 is 1.87 bits per heavy atom. The summed E-state index contributed by atoms with van der Waals surface area (Å²) in [6, 6.07) is 14.2. The van der Waals surface area contributed by atoms with Crippen LogP contribution in [0.5, 0.6) is 5.75 Å². The predicted molar refractivity (Wildman–Crippen MR) is 113 cm³/mol. The molecule has 1 unspecified atom stereocenters. The first kappa shape index (κ1) is 19.8. The highest BCUT2D eigenvalue weighted by Gasteiger charge is 2.49. The topological polar surface area (TPSA) is 80.0 Å². The van der Waals surface area contributed by atoms with Gasteiger partial charge in [-0.15, -0.1) is 0 Å². The number of carbonyl (C=O) groups is 2. The maximum Gasteiger partial charge on any atom is 0.300 e. The predicted octanol–water partition coefficient (Wildman–Crippen LogP) is 4.88. The molecule has 1 N–H and O–H groups in total. The molecule has 1 aromatic heterocycles. The fraction of sp³-hybridized carbons (Fsp3) is 0.130. The number of carbonyl (C=O) groups excluding carboxylic acids is 2. The Morgan fingerprint density at radius 1 is 1.10 bits per heavy atom. The van der Waals surface area contributed by atoms with E-state index < -0.39 is 17.7 Å². The highest BCUT2D eigenvalue weighted by molar-refractivity contribution is 6.52. The van der Waals surface area contributed by atoms with E-state index in [-0.39, 0.29) is 11.3 Å². The van der Waals surface area contributed by atoms with Crippen molar-refractivity contribution in [3.63, 3.8) is 0 Å². The number of rotatable bonds is 4. The van der Waals surface area contributed by atoms with Crippen molar-refractivity contribution in [2.24, 2.45) is 0 Å². The third-order valence-electron chi connectivity index (χ3n) is 5.12. The summed E-state index contributed by atoms with van der Waals surface area (Å²) >= 11 is 6.26. The van der Waals surface area contributed by atoms with Gasteiger partial charge < -0.3 is 14.3 Å². The van der Waals surface area contributed by atoms with E-state index in [1.54, 1.807) is 61.5 Å². The molecule has 0 bridgehead atoms. The van der Waals surface area contributed by atoms with Gasteiger partial charge in [-0.3, -0.25) is 14.5 Å². The van der Waals surface area contributed by atoms with Crippen molar-refractivity contribution >= 4 is 34.7 Å². The molecule has 1 atom stereocenters. The molecule has 0 aliphatic carbocycles. The fourth-order valence-electron chi connectivity index (χ4n) is 3.64. The Balaban J connectivity index is 1.98. The van der Waals surface area contributed by atoms with Crippen LogP contribution in [0.1, 0.15) is 22.9 Å². The van der Waals surface area contributed by atoms with Crippen LogP contribution in [0.3, 0.4) is 0 Å². The summed E-state index contributed by atoms with van der Waals surface area (Å²) in [6.45, 7) is 1.76. The minimum absolute atomic E-state index is 0.0844. The molecule has 1 fully saturated rings. The lowest BCUT2D eigenvalue weighted by atomic mass is 9.98. The molecule has 1 aliphatic rings. The molecule has 0 radical (unpaired) electrons. The number of furan rings is 1. The summed E-state index contributed by atoms with van der Waals surface area (Å²) < 4.78 is 10.9. The standard InChI is InChI=1S/C23H18ClNO5/c1-13-15(24)8-5-9-16(13)25-20(18-11-6-12-30-18)19(22(27)23(25)28)21(26)14-7-3-4-10-17(14)29-2/h3-12,20,26H,1-2H3/b21-19-. The summed E-state index contributed by atoms with van der Waals surface area (Å²) in [4.78, 5) is 27.5. The summed E-state index contributed by atoms with van der Waals surface area (Å²) in [5.41, 5.74) is 1.32. The van der Waals surface area contributed by atoms with Crippen molar-refractivity contribution in [3.8, 4) is 5.75 Å². The Hall–Kier alpha value is -3.51. The third kappa shape index (κ3) is 3.06. The average Bonchev–Trinajstić information content (AvgIpc) is 3.37. The van der Waals surface area contributed by atoms with Gasteiger partial charge in [-0.05, 0) is 48.9 Å². The molecule has 6 nitrogen and oxygen atoms in total. The Morgan fingerprint density at radius 3 is 2.57 bits per heavy atom. The van der Waals surface area contributed by atoms with Crippen molar-refractivity contribution in [3.05, 3.63) is 88.3 Å². The van der Waals surface area contributed by atoms with Gasteiger partial charge in [-0.1, -0.05) is 29.8 Å². The molecule has 152 valence electrons. The van der Waals surface area contributed by atoms with Gasteiger partial charge in [-0.2, -0.15) is 0 Å². The van der Waals surface area contributed by atoms with Crippen LogP contribution >= 0.6 is 11.6 Å². The van der Waals surface area contributed by atoms with Gasteiger partial charge in [0.15, 0.2) is 0 Å². The van der Waals surface area contributed by atoms with Crippen LogP contribution in [0, 0.1) is 6.92 Å². The van der Waals surface area contributed by atoms with Gasteiger partial charge in [0.1, 0.15) is 23.3 Å². The lowest BCUT2D eigenvalue weighted by Crippen LogP contribution is -2.30. The first-order valence-corrected chi connectivity index (χ1v) is 9.56. The van der Waals surface area contributed by atoms with Crippen LogP contribution < -0.4 is 9.64 Å². The van der Waals surface area contributed by atoms with Crippen molar-refractivity contribution in [2.75, 3.05) is 12.0 Å². The molecule has 7 heteroatoms. The lowest BCUT2D eigenvalue weighted by Gasteiger charge is -2.25. The van der Waals surface area contributed by atoms with E-state index in [1.807, 2.05) is 0 Å². The summed E-state index contributed by atoms with van der Waals surface area (Å²) in [6.07, 6.45) is 1.45. The number of halogens is 1. The first-order chi connectivity index (χ1) is 14.5. The van der Waals surface area contributed by atoms with Crippen LogP contribution in [0.2, 0.25) is 5.02 Å². The maximum atomic E-state index is 13.1. The molecule has 2 heterocycles. The van der Waals surface area contributed by atoms with Crippen LogP contribution in [-0.2, 0) is 9.59 Å². The zero-order valence-corrected chi connectivity index (χ0v) is 17.0. The van der Waals surface area contributed by atoms with E-state index in [4.69, 9.17) is 20.8 Å². The first-order valence-electron chi connectivity index (χ1n) is 9.18. The van der Waals surface area contributed by atoms with Gasteiger partial charge in [-0.25, -0.2) is 0 Å². The molecule has 1 aliphatic heterocycles. The van der Waals surface area contributed by atoms with Crippen LogP contribution in [0.25, 0.3) is 5.76 Å². The van der Waals surface area contributed by atoms with Gasteiger partial charge in [0.05, 0.1) is 24.5 Å². The molecule has 1 saturated heterocycles. The molecule has 2 aromatic carbocycles. The molecule has 3 aromatic rings. The quantitative estimate of drug-likeness (QED) is 0.367. The monoisotopic (exact) mass is 423 g/mol. The number of benzene rings is 2. The number of anilines is 1. The number of hydrogen-bond acceptors (Lipinski definition) is 5. The molecule has 0 saturated carbocycles. The van der Waals surface area contributed by atoms with Gasteiger partial charge in [0.2, 0.25) is 0 Å². The van der Waals surface area contributed by atoms with E-state index >= 15 is 0 Å². The number of ether oxygens (including phenoxy) is 1. The lowest BCUT2D eigenvalue weighted by molar-refractivity contribution is -0.132. The summed E-state index contributed by atoms with van der Waals surface area (Å²) in [5.74, 6) is -1.23. The Kier molecular flexibility index (Phi) is 5.10. The SMILES string of the molecule is COc1ccccc1/C(O)=C1/C(=O)C(=O)N(c2cccc(Cl)c2C)C1c1ccco1. The summed E-state index contributed by atoms with van der Waals surface area (Å²) in [5, 5.41) is 11.6. The fourth-order valence-corrected chi connectivity index (χ4v) is 3.81. The number of ketones is 1. The molecule has 0 spiro atoms. The molecular formula is C23H18ClNO5. The number of aliphatic hydroxyl groups is 1. The van der Waals surface area contributed by atoms with Crippen molar-refractivity contribution < 1.29 is 23.8 Å². The number of methoxy groups -OCH3 is 1. The number of para-hydroxylation sites is 1. The van der Waals surface area contributed by atoms with Gasteiger partial charge >= 0.3 is 0 Å². The van der Waals surface area contributed by atoms with Crippen molar-refractivity contribution in [1.29, 1.82) is 0 Å². The highest BCUT2D eigenvalue weighted by Crippen LogP contribution is 2.44. The summed E-state index contributed by atoms with van der Waals surface area (Å²) in [7, 11) is 1.46. The van der Waals surface area contributed by atoms with Crippen LogP contribution in [-0.4, -0.2) is 23.9 Å². The smallest absolute Gasteiger partial charge is 0.300 e. The van der Waals surface area contributed by atoms with Crippen LogP contribution in [0.4, 0.5) is 5.69 Å². The number of nitrogens with zero attached hydrogens (tertiary/aromatic N) is 1. The zero-order valence-electron chi connectivity index (χ0n) is 16.3. The average molecular weight is 424 g/mol. The van der Waals surface area contributed by atoms with E-state index in [0.29, 0.717) is 33.3 Å². The molecule has 30 heavy (non-hydrogen) atoms. The Bertz CT molecular complexity index is 1170. The second-order valence-electron chi connectivity index (χ2n) is 6.77. The van der Waals surface area contributed by atoms with E-state index in [0.717, 1.165) is 0 Å². The van der Waals surface area contributed by atoms with Crippen LogP contribution in [0.15, 0.2) is 70.9 Å². The third-order valence-corrected chi connectivity index (χ3v) is 5.53.